The van der Waals surface area contributed by atoms with Crippen molar-refractivity contribution in [2.75, 3.05) is 11.9 Å². The van der Waals surface area contributed by atoms with E-state index in [-0.39, 0.29) is 12.5 Å². The van der Waals surface area contributed by atoms with E-state index in [0.29, 0.717) is 24.5 Å². The van der Waals surface area contributed by atoms with E-state index in [2.05, 4.69) is 17.6 Å². The molecule has 23 heavy (non-hydrogen) atoms. The number of hydrogen-bond donors (Lipinski definition) is 3. The van der Waals surface area contributed by atoms with Gasteiger partial charge in [-0.25, -0.2) is 4.79 Å². The third-order valence-corrected chi connectivity index (χ3v) is 3.31. The second-order valence-electron chi connectivity index (χ2n) is 6.05. The molecule has 1 aromatic rings. The van der Waals surface area contributed by atoms with E-state index in [1.54, 1.807) is 26.0 Å². The molecule has 0 saturated carbocycles. The molecule has 6 nitrogen and oxygen atoms in total. The van der Waals surface area contributed by atoms with Crippen LogP contribution in [-0.2, 0) is 4.79 Å². The van der Waals surface area contributed by atoms with E-state index in [1.165, 1.54) is 0 Å². The quantitative estimate of drug-likeness (QED) is 0.606. The van der Waals surface area contributed by atoms with Crippen LogP contribution in [0.25, 0.3) is 0 Å². The summed E-state index contributed by atoms with van der Waals surface area (Å²) < 4.78 is 5.67. The fraction of sp³-hybridized carbons (Fsp3) is 0.529. The van der Waals surface area contributed by atoms with Crippen molar-refractivity contribution in [1.82, 2.24) is 5.32 Å². The molecule has 0 heterocycles. The molecular formula is C17H26N2O4. The van der Waals surface area contributed by atoms with Gasteiger partial charge >= 0.3 is 12.0 Å². The lowest BCUT2D eigenvalue weighted by atomic mass is 9.99. The van der Waals surface area contributed by atoms with Gasteiger partial charge in [-0.15, -0.1) is 0 Å². The van der Waals surface area contributed by atoms with Crippen molar-refractivity contribution in [3.05, 3.63) is 24.3 Å². The van der Waals surface area contributed by atoms with Gasteiger partial charge in [0.05, 0.1) is 12.3 Å². The lowest BCUT2D eigenvalue weighted by Crippen LogP contribution is -2.45. The Kier molecular flexibility index (Phi) is 7.38. The van der Waals surface area contributed by atoms with Crippen LogP contribution in [0.4, 0.5) is 10.5 Å². The number of nitrogens with one attached hydrogen (secondary N) is 2. The molecule has 2 amide bonds. The van der Waals surface area contributed by atoms with Crippen LogP contribution in [0.3, 0.4) is 0 Å². The fourth-order valence-electron chi connectivity index (χ4n) is 1.97. The van der Waals surface area contributed by atoms with Gasteiger partial charge in [0.1, 0.15) is 5.75 Å². The Morgan fingerprint density at radius 2 is 1.96 bits per heavy atom. The number of aliphatic carboxylic acids is 1. The van der Waals surface area contributed by atoms with E-state index < -0.39 is 11.5 Å². The Labute approximate surface area is 137 Å². The van der Waals surface area contributed by atoms with E-state index in [4.69, 9.17) is 9.84 Å². The van der Waals surface area contributed by atoms with Crippen molar-refractivity contribution in [2.24, 2.45) is 0 Å². The highest BCUT2D eigenvalue weighted by atomic mass is 16.5. The Bertz CT molecular complexity index is 529. The van der Waals surface area contributed by atoms with Gasteiger partial charge in [0, 0.05) is 12.0 Å². The van der Waals surface area contributed by atoms with Crippen LogP contribution in [0.2, 0.25) is 0 Å². The number of anilines is 1. The molecule has 0 fully saturated rings. The molecule has 0 aromatic heterocycles. The van der Waals surface area contributed by atoms with Crippen molar-refractivity contribution < 1.29 is 19.4 Å². The molecular weight excluding hydrogens is 296 g/mol. The molecule has 0 bridgehead atoms. The average Bonchev–Trinajstić information content (AvgIpc) is 2.47. The fourth-order valence-corrected chi connectivity index (χ4v) is 1.97. The molecule has 0 spiro atoms. The first-order valence-electron chi connectivity index (χ1n) is 7.87. The molecule has 6 heteroatoms. The molecule has 0 aliphatic rings. The van der Waals surface area contributed by atoms with Gasteiger partial charge in [0.25, 0.3) is 0 Å². The van der Waals surface area contributed by atoms with Crippen molar-refractivity contribution in [1.29, 1.82) is 0 Å². The summed E-state index contributed by atoms with van der Waals surface area (Å²) in [6.45, 7) is 6.26. The first kappa shape index (κ1) is 18.8. The first-order valence-corrected chi connectivity index (χ1v) is 7.87. The lowest BCUT2D eigenvalue weighted by molar-refractivity contribution is -0.137. The van der Waals surface area contributed by atoms with Crippen LogP contribution in [-0.4, -0.2) is 29.3 Å². The number of urea groups is 1. The minimum Gasteiger partial charge on any atom is -0.491 e. The van der Waals surface area contributed by atoms with E-state index in [0.717, 1.165) is 12.8 Å². The smallest absolute Gasteiger partial charge is 0.319 e. The average molecular weight is 322 g/mol. The summed E-state index contributed by atoms with van der Waals surface area (Å²) >= 11 is 0. The number of carbonyl (C=O) groups is 2. The number of carboxylic acid groups (broad SMARTS) is 1. The molecule has 0 radical (unpaired) electrons. The number of benzene rings is 1. The maximum Gasteiger partial charge on any atom is 0.319 e. The number of rotatable bonds is 9. The summed E-state index contributed by atoms with van der Waals surface area (Å²) in [7, 11) is 0. The van der Waals surface area contributed by atoms with Gasteiger partial charge in [-0.05, 0) is 38.8 Å². The first-order chi connectivity index (χ1) is 10.8. The van der Waals surface area contributed by atoms with E-state index in [1.807, 2.05) is 12.1 Å². The molecule has 0 aliphatic carbocycles. The second kappa shape index (κ2) is 9.02. The monoisotopic (exact) mass is 322 g/mol. The van der Waals surface area contributed by atoms with Crippen LogP contribution in [0, 0.1) is 0 Å². The minimum atomic E-state index is -0.880. The zero-order chi connectivity index (χ0) is 17.3. The number of amides is 2. The topological polar surface area (TPSA) is 87.7 Å². The number of para-hydroxylation sites is 2. The van der Waals surface area contributed by atoms with Gasteiger partial charge in [-0.1, -0.05) is 25.5 Å². The van der Waals surface area contributed by atoms with Gasteiger partial charge in [0.15, 0.2) is 0 Å². The summed E-state index contributed by atoms with van der Waals surface area (Å²) in [5, 5.41) is 14.3. The predicted octanol–water partition coefficient (Wildman–Crippen LogP) is 3.63. The van der Waals surface area contributed by atoms with Crippen LogP contribution in [0.15, 0.2) is 24.3 Å². The van der Waals surface area contributed by atoms with Crippen LogP contribution < -0.4 is 15.4 Å². The van der Waals surface area contributed by atoms with E-state index in [9.17, 15) is 9.59 Å². The van der Waals surface area contributed by atoms with Gasteiger partial charge in [-0.2, -0.15) is 0 Å². The molecule has 0 aliphatic heterocycles. The molecule has 3 N–H and O–H groups in total. The van der Waals surface area contributed by atoms with Gasteiger partial charge < -0.3 is 20.5 Å². The predicted molar refractivity (Wildman–Crippen MR) is 89.9 cm³/mol. The Morgan fingerprint density at radius 3 is 2.61 bits per heavy atom. The van der Waals surface area contributed by atoms with Crippen LogP contribution >= 0.6 is 0 Å². The summed E-state index contributed by atoms with van der Waals surface area (Å²) in [5.74, 6) is -0.255. The number of carbonyl (C=O) groups excluding carboxylic acids is 1. The minimum absolute atomic E-state index is 0.00396. The summed E-state index contributed by atoms with van der Waals surface area (Å²) in [4.78, 5) is 22.8. The number of carboxylic acids is 1. The normalized spacial score (nSPS) is 10.9. The highest BCUT2D eigenvalue weighted by Gasteiger charge is 2.22. The number of hydrogen-bond acceptors (Lipinski definition) is 3. The molecule has 1 rings (SSSR count). The van der Waals surface area contributed by atoms with Crippen LogP contribution in [0.5, 0.6) is 5.75 Å². The van der Waals surface area contributed by atoms with Gasteiger partial charge in [0.2, 0.25) is 0 Å². The van der Waals surface area contributed by atoms with E-state index >= 15 is 0 Å². The Hall–Kier alpha value is -2.24. The van der Waals surface area contributed by atoms with Crippen molar-refractivity contribution >= 4 is 17.7 Å². The SMILES string of the molecule is CCCCOc1ccccc1NC(=O)NC(C)(C)CCC(=O)O. The summed E-state index contributed by atoms with van der Waals surface area (Å²) in [6.07, 6.45) is 2.34. The second-order valence-corrected chi connectivity index (χ2v) is 6.05. The molecule has 0 unspecified atom stereocenters. The standard InChI is InChI=1S/C17H26N2O4/c1-4-5-12-23-14-9-7-6-8-13(14)18-16(22)19-17(2,3)11-10-15(20)21/h6-9H,4-5,10-12H2,1-3H3,(H,20,21)(H2,18,19,22). The van der Waals surface area contributed by atoms with Crippen molar-refractivity contribution in [3.8, 4) is 5.75 Å². The summed E-state index contributed by atoms with van der Waals surface area (Å²) in [5.41, 5.74) is -0.0179. The summed E-state index contributed by atoms with van der Waals surface area (Å²) in [6, 6.07) is 6.86. The Balaban J connectivity index is 2.61. The molecule has 128 valence electrons. The Morgan fingerprint density at radius 1 is 1.26 bits per heavy atom. The van der Waals surface area contributed by atoms with Gasteiger partial charge in [-0.3, -0.25) is 4.79 Å². The third kappa shape index (κ3) is 7.54. The van der Waals surface area contributed by atoms with Crippen molar-refractivity contribution in [3.63, 3.8) is 0 Å². The largest absolute Gasteiger partial charge is 0.491 e. The van der Waals surface area contributed by atoms with Crippen LogP contribution in [0.1, 0.15) is 46.5 Å². The maximum absolute atomic E-state index is 12.1. The number of unbranched alkanes of at least 4 members (excludes halogenated alkanes) is 1. The molecule has 0 saturated heterocycles. The lowest BCUT2D eigenvalue weighted by Gasteiger charge is -2.26. The maximum atomic E-state index is 12.1. The highest BCUT2D eigenvalue weighted by Crippen LogP contribution is 2.24. The zero-order valence-electron chi connectivity index (χ0n) is 14.0. The number of ether oxygens (including phenoxy) is 1. The third-order valence-electron chi connectivity index (χ3n) is 3.31. The molecule has 1 aromatic carbocycles. The van der Waals surface area contributed by atoms with Crippen molar-refractivity contribution in [2.45, 2.75) is 52.0 Å². The highest BCUT2D eigenvalue weighted by molar-refractivity contribution is 5.91. The molecule has 0 atom stereocenters. The zero-order valence-corrected chi connectivity index (χ0v) is 14.0.